The quantitative estimate of drug-likeness (QED) is 0.836. The highest BCUT2D eigenvalue weighted by Crippen LogP contribution is 2.22. The highest BCUT2D eigenvalue weighted by atomic mass is 16.5. The van der Waals surface area contributed by atoms with E-state index in [0.717, 1.165) is 25.5 Å². The van der Waals surface area contributed by atoms with Crippen molar-refractivity contribution in [2.24, 2.45) is 0 Å². The topological polar surface area (TPSA) is 50.3 Å². The van der Waals surface area contributed by atoms with Gasteiger partial charge in [-0.05, 0) is 19.4 Å². The Balaban J connectivity index is 1.50. The number of morpholine rings is 1. The van der Waals surface area contributed by atoms with Crippen LogP contribution in [0, 0.1) is 0 Å². The van der Waals surface area contributed by atoms with Gasteiger partial charge in [0.1, 0.15) is 5.82 Å². The van der Waals surface area contributed by atoms with Crippen molar-refractivity contribution in [2.75, 3.05) is 31.6 Å². The van der Waals surface area contributed by atoms with Crippen LogP contribution in [0.5, 0.6) is 0 Å². The molecule has 0 spiro atoms. The van der Waals surface area contributed by atoms with Gasteiger partial charge < -0.3 is 10.1 Å². The van der Waals surface area contributed by atoms with Gasteiger partial charge in [0.25, 0.3) is 0 Å². The first-order chi connectivity index (χ1) is 8.42. The van der Waals surface area contributed by atoms with E-state index in [4.69, 9.17) is 4.74 Å². The smallest absolute Gasteiger partial charge is 0.144 e. The number of hydrogen-bond donors (Lipinski definition) is 1. The Morgan fingerprint density at radius 1 is 1.47 bits per heavy atom. The van der Waals surface area contributed by atoms with Gasteiger partial charge in [0.2, 0.25) is 0 Å². The van der Waals surface area contributed by atoms with Crippen LogP contribution in [0.25, 0.3) is 0 Å². The zero-order valence-corrected chi connectivity index (χ0v) is 9.88. The first-order valence-electron chi connectivity index (χ1n) is 6.27. The Hall–Kier alpha value is -1.20. The van der Waals surface area contributed by atoms with Gasteiger partial charge in [0.05, 0.1) is 18.9 Å². The van der Waals surface area contributed by atoms with E-state index in [-0.39, 0.29) is 6.10 Å². The van der Waals surface area contributed by atoms with Gasteiger partial charge in [-0.1, -0.05) is 0 Å². The second-order valence-electron chi connectivity index (χ2n) is 4.72. The van der Waals surface area contributed by atoms with E-state index >= 15 is 0 Å². The van der Waals surface area contributed by atoms with E-state index in [0.29, 0.717) is 6.04 Å². The molecule has 17 heavy (non-hydrogen) atoms. The van der Waals surface area contributed by atoms with Crippen molar-refractivity contribution in [3.05, 3.63) is 18.6 Å². The molecule has 1 N–H and O–H groups in total. The van der Waals surface area contributed by atoms with E-state index in [2.05, 4.69) is 20.2 Å². The van der Waals surface area contributed by atoms with Gasteiger partial charge in [0, 0.05) is 31.5 Å². The predicted octanol–water partition coefficient (Wildman–Crippen LogP) is 0.752. The summed E-state index contributed by atoms with van der Waals surface area (Å²) >= 11 is 0. The number of anilines is 1. The zero-order valence-electron chi connectivity index (χ0n) is 9.88. The van der Waals surface area contributed by atoms with Gasteiger partial charge in [-0.25, -0.2) is 4.98 Å². The Bertz CT molecular complexity index is 359. The second-order valence-corrected chi connectivity index (χ2v) is 4.72. The lowest BCUT2D eigenvalue weighted by Crippen LogP contribution is -2.48. The molecule has 0 bridgehead atoms. The van der Waals surface area contributed by atoms with Crippen molar-refractivity contribution in [3.63, 3.8) is 0 Å². The summed E-state index contributed by atoms with van der Waals surface area (Å²) in [6, 6.07) is 0.669. The lowest BCUT2D eigenvalue weighted by molar-refractivity contribution is -0.0416. The number of hydrogen-bond acceptors (Lipinski definition) is 5. The van der Waals surface area contributed by atoms with Crippen LogP contribution < -0.4 is 5.32 Å². The average molecular weight is 234 g/mol. The normalized spacial score (nSPS) is 28.9. The van der Waals surface area contributed by atoms with E-state index in [1.54, 1.807) is 18.6 Å². The molecule has 2 atom stereocenters. The minimum absolute atomic E-state index is 0.270. The monoisotopic (exact) mass is 234 g/mol. The standard InChI is InChI=1S/C12H18N4O/c1-2-10-9-17-11(8-16(10)5-1)6-15-12-7-13-3-4-14-12/h3-4,7,10-11H,1-2,5-6,8-9H2,(H,14,15). The molecular formula is C12H18N4O. The van der Waals surface area contributed by atoms with Crippen molar-refractivity contribution in [2.45, 2.75) is 25.0 Å². The summed E-state index contributed by atoms with van der Waals surface area (Å²) in [7, 11) is 0. The molecule has 1 aromatic rings. The average Bonchev–Trinajstić information content (AvgIpc) is 2.85. The fourth-order valence-electron chi connectivity index (χ4n) is 2.62. The SMILES string of the molecule is c1cnc(NCC2CN3CCCC3CO2)cn1. The number of fused-ring (bicyclic) bond motifs is 1. The summed E-state index contributed by atoms with van der Waals surface area (Å²) in [6.45, 7) is 3.96. The summed E-state index contributed by atoms with van der Waals surface area (Å²) in [5.41, 5.74) is 0. The van der Waals surface area contributed by atoms with Gasteiger partial charge in [0.15, 0.2) is 0 Å². The zero-order chi connectivity index (χ0) is 11.5. The molecule has 0 saturated carbocycles. The molecule has 0 aromatic carbocycles. The number of ether oxygens (including phenoxy) is 1. The van der Waals surface area contributed by atoms with Crippen LogP contribution in [0.3, 0.4) is 0 Å². The van der Waals surface area contributed by atoms with Crippen LogP contribution in [0.2, 0.25) is 0 Å². The number of nitrogens with one attached hydrogen (secondary N) is 1. The number of nitrogens with zero attached hydrogens (tertiary/aromatic N) is 3. The molecule has 3 heterocycles. The summed E-state index contributed by atoms with van der Waals surface area (Å²) in [4.78, 5) is 10.8. The van der Waals surface area contributed by atoms with Gasteiger partial charge >= 0.3 is 0 Å². The molecule has 2 unspecified atom stereocenters. The molecular weight excluding hydrogens is 216 g/mol. The van der Waals surface area contributed by atoms with Crippen LogP contribution in [0.4, 0.5) is 5.82 Å². The van der Waals surface area contributed by atoms with E-state index in [1.165, 1.54) is 19.4 Å². The van der Waals surface area contributed by atoms with Gasteiger partial charge in [-0.15, -0.1) is 0 Å². The Morgan fingerprint density at radius 3 is 3.35 bits per heavy atom. The first-order valence-corrected chi connectivity index (χ1v) is 6.27. The maximum Gasteiger partial charge on any atom is 0.144 e. The summed E-state index contributed by atoms with van der Waals surface area (Å²) in [5.74, 6) is 0.819. The Labute approximate surface area is 101 Å². The van der Waals surface area contributed by atoms with Crippen molar-refractivity contribution < 1.29 is 4.74 Å². The molecule has 2 saturated heterocycles. The summed E-state index contributed by atoms with van der Waals surface area (Å²) < 4.78 is 5.86. The lowest BCUT2D eigenvalue weighted by Gasteiger charge is -2.35. The highest BCUT2D eigenvalue weighted by Gasteiger charge is 2.31. The minimum atomic E-state index is 0.270. The van der Waals surface area contributed by atoms with E-state index in [9.17, 15) is 0 Å². The number of aromatic nitrogens is 2. The first kappa shape index (κ1) is 10.9. The number of rotatable bonds is 3. The van der Waals surface area contributed by atoms with Crippen LogP contribution in [-0.4, -0.2) is 53.3 Å². The fraction of sp³-hybridized carbons (Fsp3) is 0.667. The highest BCUT2D eigenvalue weighted by molar-refractivity contribution is 5.29. The van der Waals surface area contributed by atoms with E-state index in [1.807, 2.05) is 0 Å². The van der Waals surface area contributed by atoms with Crippen LogP contribution in [-0.2, 0) is 4.74 Å². The third-order valence-electron chi connectivity index (χ3n) is 3.54. The van der Waals surface area contributed by atoms with Crippen molar-refractivity contribution >= 4 is 5.82 Å². The van der Waals surface area contributed by atoms with Crippen molar-refractivity contribution in [1.29, 1.82) is 0 Å². The van der Waals surface area contributed by atoms with Gasteiger partial charge in [-0.2, -0.15) is 0 Å². The molecule has 0 amide bonds. The molecule has 3 rings (SSSR count). The lowest BCUT2D eigenvalue weighted by atomic mass is 10.2. The predicted molar refractivity (Wildman–Crippen MR) is 64.9 cm³/mol. The largest absolute Gasteiger partial charge is 0.373 e. The van der Waals surface area contributed by atoms with Crippen LogP contribution in [0.15, 0.2) is 18.6 Å². The molecule has 5 heteroatoms. The maximum atomic E-state index is 5.86. The van der Waals surface area contributed by atoms with E-state index < -0.39 is 0 Å². The summed E-state index contributed by atoms with van der Waals surface area (Å²) in [5, 5.41) is 3.27. The third-order valence-corrected chi connectivity index (χ3v) is 3.54. The second kappa shape index (κ2) is 4.98. The summed E-state index contributed by atoms with van der Waals surface area (Å²) in [6.07, 6.45) is 7.99. The maximum absolute atomic E-state index is 5.86. The molecule has 2 fully saturated rings. The van der Waals surface area contributed by atoms with Gasteiger partial charge in [-0.3, -0.25) is 9.88 Å². The minimum Gasteiger partial charge on any atom is -0.373 e. The van der Waals surface area contributed by atoms with Crippen molar-refractivity contribution in [1.82, 2.24) is 14.9 Å². The molecule has 1 aromatic heterocycles. The van der Waals surface area contributed by atoms with Crippen LogP contribution in [0.1, 0.15) is 12.8 Å². The molecule has 0 aliphatic carbocycles. The molecule has 92 valence electrons. The fourth-order valence-corrected chi connectivity index (χ4v) is 2.62. The molecule has 0 radical (unpaired) electrons. The Kier molecular flexibility index (Phi) is 3.20. The van der Waals surface area contributed by atoms with Crippen LogP contribution >= 0.6 is 0 Å². The third kappa shape index (κ3) is 2.56. The molecule has 2 aliphatic rings. The molecule has 5 nitrogen and oxygen atoms in total. The van der Waals surface area contributed by atoms with Crippen molar-refractivity contribution in [3.8, 4) is 0 Å². The molecule has 2 aliphatic heterocycles. The Morgan fingerprint density at radius 2 is 2.47 bits per heavy atom.